The largest absolute Gasteiger partial charge is 0.393 e. The van der Waals surface area contributed by atoms with E-state index >= 15 is 0 Å². The number of amides is 1. The Labute approximate surface area is 143 Å². The fourth-order valence-corrected chi connectivity index (χ4v) is 4.01. The zero-order valence-corrected chi connectivity index (χ0v) is 14.7. The molecule has 1 atom stereocenters. The predicted molar refractivity (Wildman–Crippen MR) is 93.2 cm³/mol. The number of likely N-dealkylation sites (tertiary alicyclic amines) is 1. The summed E-state index contributed by atoms with van der Waals surface area (Å²) in [4.78, 5) is 29.6. The van der Waals surface area contributed by atoms with Crippen LogP contribution in [0, 0.1) is 11.8 Å². The third kappa shape index (κ3) is 3.56. The maximum absolute atomic E-state index is 12.7. The Hall–Kier alpha value is -1.62. The van der Waals surface area contributed by atoms with Gasteiger partial charge in [0.2, 0.25) is 0 Å². The van der Waals surface area contributed by atoms with E-state index in [2.05, 4.69) is 18.8 Å². The molecule has 2 aliphatic rings. The number of hydrogen-bond acceptors (Lipinski definition) is 3. The highest BCUT2D eigenvalue weighted by Gasteiger charge is 2.29. The van der Waals surface area contributed by atoms with Gasteiger partial charge in [0.1, 0.15) is 5.56 Å². The van der Waals surface area contributed by atoms with Crippen molar-refractivity contribution in [2.24, 2.45) is 11.8 Å². The summed E-state index contributed by atoms with van der Waals surface area (Å²) in [6.07, 6.45) is 5.02. The van der Waals surface area contributed by atoms with Crippen LogP contribution >= 0.6 is 0 Å². The molecule has 24 heavy (non-hydrogen) atoms. The minimum Gasteiger partial charge on any atom is -0.393 e. The number of nitrogens with zero attached hydrogens (tertiary/aromatic N) is 1. The number of aliphatic hydroxyl groups is 1. The Balaban J connectivity index is 1.65. The Bertz CT molecular complexity index is 657. The number of piperidine rings is 1. The number of H-pyrrole nitrogens is 1. The molecule has 5 heteroatoms. The average molecular weight is 332 g/mol. The molecule has 1 amide bonds. The molecular weight excluding hydrogens is 304 g/mol. The minimum atomic E-state index is -0.286. The van der Waals surface area contributed by atoms with Crippen molar-refractivity contribution in [1.29, 1.82) is 0 Å². The minimum absolute atomic E-state index is 0.164. The van der Waals surface area contributed by atoms with Crippen LogP contribution in [-0.4, -0.2) is 40.1 Å². The number of pyridine rings is 1. The molecule has 0 saturated carbocycles. The van der Waals surface area contributed by atoms with Gasteiger partial charge in [-0.05, 0) is 62.0 Å². The first kappa shape index (κ1) is 17.2. The average Bonchev–Trinajstić information content (AvgIpc) is 3.00. The van der Waals surface area contributed by atoms with Gasteiger partial charge < -0.3 is 15.0 Å². The van der Waals surface area contributed by atoms with E-state index in [1.165, 1.54) is 0 Å². The molecule has 0 aromatic carbocycles. The van der Waals surface area contributed by atoms with Gasteiger partial charge in [-0.1, -0.05) is 13.8 Å². The van der Waals surface area contributed by atoms with E-state index in [4.69, 9.17) is 0 Å². The van der Waals surface area contributed by atoms with Crippen molar-refractivity contribution >= 4 is 5.91 Å². The Morgan fingerprint density at radius 2 is 2.04 bits per heavy atom. The summed E-state index contributed by atoms with van der Waals surface area (Å²) in [5.74, 6) is 0.571. The molecule has 0 unspecified atom stereocenters. The normalized spacial score (nSPS) is 19.6. The Morgan fingerprint density at radius 3 is 2.71 bits per heavy atom. The van der Waals surface area contributed by atoms with Crippen LogP contribution in [0.1, 0.15) is 61.1 Å². The Kier molecular flexibility index (Phi) is 5.09. The number of carbonyl (C=O) groups excluding carboxylic acids is 1. The zero-order chi connectivity index (χ0) is 17.3. The highest BCUT2D eigenvalue weighted by atomic mass is 16.3. The number of aromatic nitrogens is 1. The van der Waals surface area contributed by atoms with E-state index in [-0.39, 0.29) is 29.1 Å². The van der Waals surface area contributed by atoms with E-state index in [1.807, 2.05) is 0 Å². The van der Waals surface area contributed by atoms with Crippen LogP contribution in [-0.2, 0) is 12.8 Å². The van der Waals surface area contributed by atoms with Crippen molar-refractivity contribution in [1.82, 2.24) is 9.88 Å². The lowest BCUT2D eigenvalue weighted by Crippen LogP contribution is -2.43. The molecule has 5 nitrogen and oxygen atoms in total. The first-order chi connectivity index (χ1) is 11.5. The SMILES string of the molecule is CC(C)C[C@H](O)C1CCN(C(=O)c2cc3c([nH]c2=O)CCC3)CC1. The van der Waals surface area contributed by atoms with Gasteiger partial charge in [0.25, 0.3) is 11.5 Å². The van der Waals surface area contributed by atoms with E-state index < -0.39 is 0 Å². The van der Waals surface area contributed by atoms with Gasteiger partial charge >= 0.3 is 0 Å². The lowest BCUT2D eigenvalue weighted by atomic mass is 9.87. The summed E-state index contributed by atoms with van der Waals surface area (Å²) in [5, 5.41) is 10.3. The maximum atomic E-state index is 12.7. The predicted octanol–water partition coefficient (Wildman–Crippen LogP) is 2.12. The van der Waals surface area contributed by atoms with E-state index in [0.29, 0.717) is 19.0 Å². The van der Waals surface area contributed by atoms with Crippen LogP contribution < -0.4 is 5.56 Å². The summed E-state index contributed by atoms with van der Waals surface area (Å²) in [5.41, 5.74) is 2.12. The second-order valence-corrected chi connectivity index (χ2v) is 7.70. The van der Waals surface area contributed by atoms with Gasteiger partial charge in [0.15, 0.2) is 0 Å². The van der Waals surface area contributed by atoms with E-state index in [0.717, 1.165) is 49.8 Å². The number of rotatable bonds is 4. The van der Waals surface area contributed by atoms with Gasteiger partial charge in [-0.15, -0.1) is 0 Å². The van der Waals surface area contributed by atoms with Gasteiger partial charge in [-0.25, -0.2) is 0 Å². The summed E-state index contributed by atoms with van der Waals surface area (Å²) in [6, 6.07) is 1.79. The van der Waals surface area contributed by atoms with Gasteiger partial charge in [0.05, 0.1) is 6.10 Å². The number of aliphatic hydroxyl groups excluding tert-OH is 1. The van der Waals surface area contributed by atoms with Gasteiger partial charge in [-0.2, -0.15) is 0 Å². The second-order valence-electron chi connectivity index (χ2n) is 7.70. The number of aryl methyl sites for hydroxylation is 2. The molecule has 0 bridgehead atoms. The number of aromatic amines is 1. The summed E-state index contributed by atoms with van der Waals surface area (Å²) < 4.78 is 0. The number of carbonyl (C=O) groups is 1. The third-order valence-electron chi connectivity index (χ3n) is 5.40. The highest BCUT2D eigenvalue weighted by Crippen LogP contribution is 2.25. The first-order valence-electron chi connectivity index (χ1n) is 9.18. The summed E-state index contributed by atoms with van der Waals surface area (Å²) in [7, 11) is 0. The van der Waals surface area contributed by atoms with Crippen LogP contribution in [0.2, 0.25) is 0 Å². The molecule has 1 fully saturated rings. The third-order valence-corrected chi connectivity index (χ3v) is 5.40. The molecule has 3 rings (SSSR count). The smallest absolute Gasteiger partial charge is 0.261 e. The highest BCUT2D eigenvalue weighted by molar-refractivity contribution is 5.94. The molecule has 2 heterocycles. The molecule has 0 spiro atoms. The monoisotopic (exact) mass is 332 g/mol. The molecule has 1 aliphatic carbocycles. The van der Waals surface area contributed by atoms with Crippen LogP contribution in [0.25, 0.3) is 0 Å². The van der Waals surface area contributed by atoms with Crippen molar-refractivity contribution < 1.29 is 9.90 Å². The zero-order valence-electron chi connectivity index (χ0n) is 14.7. The van der Waals surface area contributed by atoms with Gasteiger partial charge in [0, 0.05) is 18.8 Å². The summed E-state index contributed by atoms with van der Waals surface area (Å²) in [6.45, 7) is 5.47. The van der Waals surface area contributed by atoms with E-state index in [1.54, 1.807) is 11.0 Å². The van der Waals surface area contributed by atoms with Crippen molar-refractivity contribution in [3.05, 3.63) is 33.2 Å². The molecule has 1 aromatic heterocycles. The number of hydrogen-bond donors (Lipinski definition) is 2. The van der Waals surface area contributed by atoms with Crippen molar-refractivity contribution in [2.45, 2.75) is 58.5 Å². The van der Waals surface area contributed by atoms with Crippen LogP contribution in [0.3, 0.4) is 0 Å². The van der Waals surface area contributed by atoms with Crippen molar-refractivity contribution in [3.8, 4) is 0 Å². The molecule has 0 radical (unpaired) electrons. The second kappa shape index (κ2) is 7.09. The lowest BCUT2D eigenvalue weighted by molar-refractivity contribution is 0.0384. The molecule has 132 valence electrons. The lowest BCUT2D eigenvalue weighted by Gasteiger charge is -2.34. The quantitative estimate of drug-likeness (QED) is 0.887. The van der Waals surface area contributed by atoms with Gasteiger partial charge in [-0.3, -0.25) is 9.59 Å². The molecule has 1 aromatic rings. The first-order valence-corrected chi connectivity index (χ1v) is 9.18. The summed E-state index contributed by atoms with van der Waals surface area (Å²) >= 11 is 0. The Morgan fingerprint density at radius 1 is 1.33 bits per heavy atom. The standard InChI is InChI=1S/C19H28N2O3/c1-12(2)10-17(22)13-6-8-21(9-7-13)19(24)15-11-14-4-3-5-16(14)20-18(15)23/h11-13,17,22H,3-10H2,1-2H3,(H,20,23)/t17-/m0/s1. The van der Waals surface area contributed by atoms with E-state index in [9.17, 15) is 14.7 Å². The molecule has 1 saturated heterocycles. The van der Waals surface area contributed by atoms with Crippen molar-refractivity contribution in [2.75, 3.05) is 13.1 Å². The topological polar surface area (TPSA) is 73.4 Å². The maximum Gasteiger partial charge on any atom is 0.261 e. The number of fused-ring (bicyclic) bond motifs is 1. The molecule has 2 N–H and O–H groups in total. The molecule has 1 aliphatic heterocycles. The fraction of sp³-hybridized carbons (Fsp3) is 0.684. The van der Waals surface area contributed by atoms with Crippen LogP contribution in [0.5, 0.6) is 0 Å². The van der Waals surface area contributed by atoms with Crippen LogP contribution in [0.4, 0.5) is 0 Å². The molecular formula is C19H28N2O3. The van der Waals surface area contributed by atoms with Crippen molar-refractivity contribution in [3.63, 3.8) is 0 Å². The van der Waals surface area contributed by atoms with Crippen LogP contribution in [0.15, 0.2) is 10.9 Å². The fourth-order valence-electron chi connectivity index (χ4n) is 4.01. The number of nitrogens with one attached hydrogen (secondary N) is 1.